The lowest BCUT2D eigenvalue weighted by Gasteiger charge is -2.07. The van der Waals surface area contributed by atoms with Crippen LogP contribution in [0, 0.1) is 0 Å². The van der Waals surface area contributed by atoms with Gasteiger partial charge in [0.1, 0.15) is 0 Å². The van der Waals surface area contributed by atoms with Crippen molar-refractivity contribution in [3.05, 3.63) is 77.5 Å². The van der Waals surface area contributed by atoms with Gasteiger partial charge in [0.2, 0.25) is 0 Å². The second-order valence-corrected chi connectivity index (χ2v) is 6.94. The highest BCUT2D eigenvalue weighted by Gasteiger charge is 2.23. The van der Waals surface area contributed by atoms with Gasteiger partial charge in [-0.05, 0) is 18.2 Å². The first-order valence-corrected chi connectivity index (χ1v) is 9.17. The molecular formula is C22H18N4O2. The van der Waals surface area contributed by atoms with Crippen molar-refractivity contribution in [3.63, 3.8) is 0 Å². The summed E-state index contributed by atoms with van der Waals surface area (Å²) in [4.78, 5) is 30.0. The first-order chi connectivity index (χ1) is 13.6. The average Bonchev–Trinajstić information content (AvgIpc) is 3.22. The Kier molecular flexibility index (Phi) is 3.65. The lowest BCUT2D eigenvalue weighted by atomic mass is 10.1. The molecule has 0 spiro atoms. The molecular weight excluding hydrogens is 352 g/mol. The minimum Gasteiger partial charge on any atom is -0.350 e. The van der Waals surface area contributed by atoms with Gasteiger partial charge in [-0.25, -0.2) is 4.98 Å². The number of nitrogens with one attached hydrogen (secondary N) is 1. The Morgan fingerprint density at radius 3 is 2.71 bits per heavy atom. The molecule has 1 N–H and O–H groups in total. The van der Waals surface area contributed by atoms with E-state index in [0.29, 0.717) is 29.8 Å². The summed E-state index contributed by atoms with van der Waals surface area (Å²) in [5.74, 6) is 0.656. The monoisotopic (exact) mass is 370 g/mol. The maximum atomic E-state index is 12.8. The van der Waals surface area contributed by atoms with E-state index < -0.39 is 0 Å². The van der Waals surface area contributed by atoms with Crippen molar-refractivity contribution in [2.45, 2.75) is 6.54 Å². The number of amides is 1. The van der Waals surface area contributed by atoms with Crippen LogP contribution in [-0.2, 0) is 13.6 Å². The number of nitrogens with zero attached hydrogens (tertiary/aromatic N) is 3. The van der Waals surface area contributed by atoms with E-state index in [1.54, 1.807) is 0 Å². The molecule has 0 bridgehead atoms. The molecule has 1 aliphatic rings. The molecule has 0 saturated carbocycles. The summed E-state index contributed by atoms with van der Waals surface area (Å²) in [6, 6.07) is 16.7. The van der Waals surface area contributed by atoms with E-state index in [4.69, 9.17) is 4.98 Å². The van der Waals surface area contributed by atoms with Crippen LogP contribution in [0.3, 0.4) is 0 Å². The summed E-state index contributed by atoms with van der Waals surface area (Å²) in [7, 11) is 1.91. The summed E-state index contributed by atoms with van der Waals surface area (Å²) < 4.78 is 3.98. The highest BCUT2D eigenvalue weighted by Crippen LogP contribution is 2.29. The van der Waals surface area contributed by atoms with Crippen LogP contribution in [0.2, 0.25) is 0 Å². The molecule has 28 heavy (non-hydrogen) atoms. The van der Waals surface area contributed by atoms with Crippen molar-refractivity contribution >= 4 is 22.7 Å². The Hall–Kier alpha value is -3.67. The number of para-hydroxylation sites is 1. The fourth-order valence-corrected chi connectivity index (χ4v) is 3.83. The van der Waals surface area contributed by atoms with E-state index >= 15 is 0 Å². The van der Waals surface area contributed by atoms with Crippen LogP contribution in [0.25, 0.3) is 22.6 Å². The van der Waals surface area contributed by atoms with Crippen LogP contribution in [0.1, 0.15) is 26.3 Å². The van der Waals surface area contributed by atoms with E-state index in [0.717, 1.165) is 22.6 Å². The largest absolute Gasteiger partial charge is 0.350 e. The maximum Gasteiger partial charge on any atom is 0.253 e. The smallest absolute Gasteiger partial charge is 0.253 e. The molecule has 0 aliphatic carbocycles. The number of aromatic nitrogens is 3. The second-order valence-electron chi connectivity index (χ2n) is 6.94. The fourth-order valence-electron chi connectivity index (χ4n) is 3.83. The minimum absolute atomic E-state index is 0.0213. The number of hydrogen-bond donors (Lipinski definition) is 1. The van der Waals surface area contributed by atoms with Crippen LogP contribution in [0.5, 0.6) is 0 Å². The van der Waals surface area contributed by atoms with Gasteiger partial charge < -0.3 is 14.5 Å². The summed E-state index contributed by atoms with van der Waals surface area (Å²) in [5.41, 5.74) is 4.36. The van der Waals surface area contributed by atoms with Crippen LogP contribution in [0.4, 0.5) is 0 Å². The molecule has 0 unspecified atom stereocenters. The number of rotatable bonds is 3. The van der Waals surface area contributed by atoms with E-state index in [-0.39, 0.29) is 11.7 Å². The molecule has 4 aromatic rings. The average molecular weight is 370 g/mol. The van der Waals surface area contributed by atoms with Crippen LogP contribution >= 0.6 is 0 Å². The summed E-state index contributed by atoms with van der Waals surface area (Å²) in [6.07, 6.45) is 1.83. The van der Waals surface area contributed by atoms with E-state index in [1.165, 1.54) is 0 Å². The van der Waals surface area contributed by atoms with Crippen LogP contribution in [0.15, 0.2) is 60.8 Å². The van der Waals surface area contributed by atoms with Gasteiger partial charge in [-0.3, -0.25) is 9.59 Å². The predicted molar refractivity (Wildman–Crippen MR) is 106 cm³/mol. The lowest BCUT2D eigenvalue weighted by molar-refractivity contribution is 0.0956. The van der Waals surface area contributed by atoms with Gasteiger partial charge in [-0.1, -0.05) is 36.4 Å². The molecule has 0 atom stereocenters. The standard InChI is InChI=1S/C22H18N4O2/c1-25-13-15(20(27)14-6-3-2-4-7-14)12-18(25)21-24-17-9-5-8-16-19(17)26(21)11-10-23-22(16)28/h2-9,12-13H,10-11H2,1H3,(H,23,28). The Morgan fingerprint density at radius 1 is 1.07 bits per heavy atom. The molecule has 2 aromatic heterocycles. The van der Waals surface area contributed by atoms with Crippen molar-refractivity contribution in [2.24, 2.45) is 7.05 Å². The number of hydrogen-bond acceptors (Lipinski definition) is 3. The topological polar surface area (TPSA) is 68.9 Å². The quantitative estimate of drug-likeness (QED) is 0.564. The van der Waals surface area contributed by atoms with Crippen LogP contribution in [-0.4, -0.2) is 32.4 Å². The first kappa shape index (κ1) is 16.5. The van der Waals surface area contributed by atoms with Crippen molar-refractivity contribution in [1.82, 2.24) is 19.4 Å². The zero-order valence-corrected chi connectivity index (χ0v) is 15.3. The third-order valence-electron chi connectivity index (χ3n) is 5.16. The Morgan fingerprint density at radius 2 is 1.89 bits per heavy atom. The highest BCUT2D eigenvalue weighted by molar-refractivity contribution is 6.10. The van der Waals surface area contributed by atoms with Gasteiger partial charge in [0.05, 0.1) is 22.3 Å². The molecule has 1 aliphatic heterocycles. The number of carbonyl (C=O) groups excluding carboxylic acids is 2. The summed E-state index contributed by atoms with van der Waals surface area (Å²) in [5, 5.41) is 2.93. The fraction of sp³-hybridized carbons (Fsp3) is 0.136. The van der Waals surface area contributed by atoms with Crippen molar-refractivity contribution in [3.8, 4) is 11.5 Å². The summed E-state index contributed by atoms with van der Waals surface area (Å²) in [6.45, 7) is 1.16. The predicted octanol–water partition coefficient (Wildman–Crippen LogP) is 3.02. The van der Waals surface area contributed by atoms with Crippen molar-refractivity contribution < 1.29 is 9.59 Å². The zero-order chi connectivity index (χ0) is 19.3. The molecule has 0 fully saturated rings. The lowest BCUT2D eigenvalue weighted by Crippen LogP contribution is -2.24. The molecule has 6 heteroatoms. The van der Waals surface area contributed by atoms with Gasteiger partial charge in [0.15, 0.2) is 11.6 Å². The Labute approximate surface area is 161 Å². The Balaban J connectivity index is 1.67. The van der Waals surface area contributed by atoms with Crippen LogP contribution < -0.4 is 5.32 Å². The molecule has 0 radical (unpaired) electrons. The van der Waals surface area contributed by atoms with Gasteiger partial charge in [0.25, 0.3) is 5.91 Å². The molecule has 1 amide bonds. The molecule has 6 nitrogen and oxygen atoms in total. The first-order valence-electron chi connectivity index (χ1n) is 9.17. The molecule has 0 saturated heterocycles. The number of ketones is 1. The SMILES string of the molecule is Cn1cc(C(=O)c2ccccc2)cc1-c1nc2cccc3c2n1CCNC3=O. The third-order valence-corrected chi connectivity index (χ3v) is 5.16. The minimum atomic E-state index is -0.0809. The van der Waals surface area contributed by atoms with E-state index in [2.05, 4.69) is 9.88 Å². The van der Waals surface area contributed by atoms with Gasteiger partial charge in [-0.2, -0.15) is 0 Å². The Bertz CT molecular complexity index is 1230. The number of benzene rings is 2. The molecule has 2 aromatic carbocycles. The highest BCUT2D eigenvalue weighted by atomic mass is 16.1. The van der Waals surface area contributed by atoms with Gasteiger partial charge >= 0.3 is 0 Å². The number of carbonyl (C=O) groups is 2. The maximum absolute atomic E-state index is 12.8. The number of aryl methyl sites for hydroxylation is 1. The van der Waals surface area contributed by atoms with Crippen molar-refractivity contribution in [2.75, 3.05) is 6.54 Å². The van der Waals surface area contributed by atoms with Gasteiger partial charge in [0, 0.05) is 37.5 Å². The molecule has 5 rings (SSSR count). The molecule has 138 valence electrons. The van der Waals surface area contributed by atoms with E-state index in [9.17, 15) is 9.59 Å². The van der Waals surface area contributed by atoms with Crippen molar-refractivity contribution in [1.29, 1.82) is 0 Å². The summed E-state index contributed by atoms with van der Waals surface area (Å²) >= 11 is 0. The molecule has 3 heterocycles. The third kappa shape index (κ3) is 2.45. The van der Waals surface area contributed by atoms with E-state index in [1.807, 2.05) is 72.4 Å². The normalized spacial score (nSPS) is 13.4. The number of imidazole rings is 1. The second kappa shape index (κ2) is 6.20. The zero-order valence-electron chi connectivity index (χ0n) is 15.3. The van der Waals surface area contributed by atoms with Gasteiger partial charge in [-0.15, -0.1) is 0 Å².